The Balaban J connectivity index is 1.17. The molecule has 5 rings (SSSR count). The van der Waals surface area contributed by atoms with Gasteiger partial charge >= 0.3 is 6.03 Å². The van der Waals surface area contributed by atoms with E-state index < -0.39 is 0 Å². The van der Waals surface area contributed by atoms with E-state index in [-0.39, 0.29) is 11.8 Å². The first-order valence-corrected chi connectivity index (χ1v) is 11.0. The van der Waals surface area contributed by atoms with Gasteiger partial charge in [-0.15, -0.1) is 0 Å². The second-order valence-corrected chi connectivity index (χ2v) is 8.11. The van der Waals surface area contributed by atoms with E-state index in [1.165, 1.54) is 0 Å². The Hall–Kier alpha value is -3.91. The van der Waals surface area contributed by atoms with Crippen LogP contribution >= 0.6 is 0 Å². The number of carbonyl (C=O) groups is 2. The van der Waals surface area contributed by atoms with Gasteiger partial charge in [-0.2, -0.15) is 0 Å². The Labute approximate surface area is 191 Å². The molecule has 8 nitrogen and oxygen atoms in total. The zero-order valence-corrected chi connectivity index (χ0v) is 18.2. The topological polar surface area (TPSA) is 94.5 Å². The number of aromatic amines is 1. The largest absolute Gasteiger partial charge is 0.467 e. The fourth-order valence-corrected chi connectivity index (χ4v) is 4.04. The number of amides is 2. The number of H-pyrrole nitrogens is 1. The first-order chi connectivity index (χ1) is 16.2. The molecule has 2 amide bonds. The van der Waals surface area contributed by atoms with Crippen molar-refractivity contribution in [2.75, 3.05) is 26.2 Å². The lowest BCUT2D eigenvalue weighted by atomic mass is 10.0. The second kappa shape index (κ2) is 9.30. The number of piperazine rings is 1. The highest BCUT2D eigenvalue weighted by molar-refractivity contribution is 6.10. The number of urea groups is 1. The lowest BCUT2D eigenvalue weighted by Crippen LogP contribution is -2.51. The average Bonchev–Trinajstić information content (AvgIpc) is 3.52. The van der Waals surface area contributed by atoms with Gasteiger partial charge in [0.15, 0.2) is 5.78 Å². The van der Waals surface area contributed by atoms with Gasteiger partial charge in [-0.3, -0.25) is 9.69 Å². The van der Waals surface area contributed by atoms with Crippen LogP contribution < -0.4 is 5.32 Å². The van der Waals surface area contributed by atoms with Crippen molar-refractivity contribution in [1.29, 1.82) is 0 Å². The van der Waals surface area contributed by atoms with Crippen LogP contribution in [0.25, 0.3) is 11.0 Å². The minimum Gasteiger partial charge on any atom is -0.467 e. The molecule has 1 aliphatic heterocycles. The van der Waals surface area contributed by atoms with Crippen molar-refractivity contribution in [3.05, 3.63) is 89.6 Å². The molecule has 0 saturated carbocycles. The van der Waals surface area contributed by atoms with Crippen LogP contribution in [0.3, 0.4) is 0 Å². The molecule has 1 fully saturated rings. The summed E-state index contributed by atoms with van der Waals surface area (Å²) in [5.74, 6) is 1.58. The van der Waals surface area contributed by atoms with Crippen LogP contribution in [0.1, 0.15) is 27.5 Å². The summed E-state index contributed by atoms with van der Waals surface area (Å²) < 4.78 is 5.25. The molecule has 0 unspecified atom stereocenters. The Morgan fingerprint density at radius 2 is 1.79 bits per heavy atom. The summed E-state index contributed by atoms with van der Waals surface area (Å²) >= 11 is 0. The summed E-state index contributed by atoms with van der Waals surface area (Å²) in [7, 11) is 0. The number of ketones is 1. The summed E-state index contributed by atoms with van der Waals surface area (Å²) in [5, 5.41) is 2.89. The fourth-order valence-electron chi connectivity index (χ4n) is 4.04. The highest BCUT2D eigenvalue weighted by atomic mass is 16.3. The van der Waals surface area contributed by atoms with E-state index in [0.717, 1.165) is 35.7 Å². The Kier molecular flexibility index (Phi) is 5.91. The Morgan fingerprint density at radius 1 is 0.970 bits per heavy atom. The first kappa shape index (κ1) is 21.0. The lowest BCUT2D eigenvalue weighted by molar-refractivity contribution is 0.103. The van der Waals surface area contributed by atoms with Crippen molar-refractivity contribution >= 4 is 22.8 Å². The second-order valence-electron chi connectivity index (χ2n) is 8.11. The van der Waals surface area contributed by atoms with Gasteiger partial charge in [0.25, 0.3) is 0 Å². The standard InChI is InChI=1S/C25H25N5O3/c31-24(18-5-2-1-3-6-18)19-8-9-21-22(15-19)28-23(27-21)17-29-10-12-30(13-11-29)25(32)26-16-20-7-4-14-33-20/h1-9,14-15H,10-13,16-17H2,(H,26,32)(H,27,28). The molecule has 0 aliphatic carbocycles. The molecule has 3 heterocycles. The van der Waals surface area contributed by atoms with Crippen molar-refractivity contribution in [3.8, 4) is 0 Å². The van der Waals surface area contributed by atoms with Crippen molar-refractivity contribution in [3.63, 3.8) is 0 Å². The third-order valence-electron chi connectivity index (χ3n) is 5.86. The van der Waals surface area contributed by atoms with Crippen LogP contribution in [0.4, 0.5) is 4.79 Å². The number of carbonyl (C=O) groups excluding carboxylic acids is 2. The van der Waals surface area contributed by atoms with Crippen LogP contribution in [0.2, 0.25) is 0 Å². The zero-order chi connectivity index (χ0) is 22.6. The minimum atomic E-state index is -0.0783. The maximum absolute atomic E-state index is 12.7. The van der Waals surface area contributed by atoms with E-state index in [1.54, 1.807) is 12.3 Å². The first-order valence-electron chi connectivity index (χ1n) is 11.0. The summed E-state index contributed by atoms with van der Waals surface area (Å²) in [6.07, 6.45) is 1.60. The molecule has 2 aromatic heterocycles. The number of benzene rings is 2. The quantitative estimate of drug-likeness (QED) is 0.446. The monoisotopic (exact) mass is 443 g/mol. The molecule has 33 heavy (non-hydrogen) atoms. The van der Waals surface area contributed by atoms with Crippen molar-refractivity contribution in [2.24, 2.45) is 0 Å². The number of furan rings is 1. The predicted molar refractivity (Wildman–Crippen MR) is 124 cm³/mol. The number of aromatic nitrogens is 2. The van der Waals surface area contributed by atoms with Crippen LogP contribution in [-0.2, 0) is 13.1 Å². The molecule has 168 valence electrons. The van der Waals surface area contributed by atoms with Crippen molar-refractivity contribution in [2.45, 2.75) is 13.1 Å². The third-order valence-corrected chi connectivity index (χ3v) is 5.86. The average molecular weight is 444 g/mol. The molecule has 2 N–H and O–H groups in total. The van der Waals surface area contributed by atoms with Crippen LogP contribution in [0, 0.1) is 0 Å². The van der Waals surface area contributed by atoms with E-state index in [4.69, 9.17) is 4.42 Å². The van der Waals surface area contributed by atoms with E-state index >= 15 is 0 Å². The molecule has 4 aromatic rings. The van der Waals surface area contributed by atoms with Gasteiger partial charge in [0.1, 0.15) is 11.6 Å². The smallest absolute Gasteiger partial charge is 0.317 e. The molecule has 0 atom stereocenters. The van der Waals surface area contributed by atoms with Gasteiger partial charge in [-0.1, -0.05) is 30.3 Å². The molecular weight excluding hydrogens is 418 g/mol. The number of rotatable bonds is 6. The molecule has 1 saturated heterocycles. The Bertz CT molecular complexity index is 1240. The lowest BCUT2D eigenvalue weighted by Gasteiger charge is -2.34. The highest BCUT2D eigenvalue weighted by Crippen LogP contribution is 2.18. The number of fused-ring (bicyclic) bond motifs is 1. The number of hydrogen-bond donors (Lipinski definition) is 2. The van der Waals surface area contributed by atoms with Crippen molar-refractivity contribution < 1.29 is 14.0 Å². The molecule has 1 aliphatic rings. The van der Waals surface area contributed by atoms with Crippen molar-refractivity contribution in [1.82, 2.24) is 25.1 Å². The van der Waals surface area contributed by atoms with E-state index in [0.29, 0.717) is 37.3 Å². The molecule has 0 spiro atoms. The molecule has 0 bridgehead atoms. The fraction of sp³-hybridized carbons (Fsp3) is 0.240. The summed E-state index contributed by atoms with van der Waals surface area (Å²) in [6, 6.07) is 18.4. The third kappa shape index (κ3) is 4.80. The predicted octanol–water partition coefficient (Wildman–Crippen LogP) is 3.41. The van der Waals surface area contributed by atoms with Crippen LogP contribution in [0.15, 0.2) is 71.3 Å². The van der Waals surface area contributed by atoms with Gasteiger partial charge in [0.05, 0.1) is 30.4 Å². The van der Waals surface area contributed by atoms with Gasteiger partial charge in [0.2, 0.25) is 0 Å². The zero-order valence-electron chi connectivity index (χ0n) is 18.2. The summed E-state index contributed by atoms with van der Waals surface area (Å²) in [5.41, 5.74) is 2.99. The summed E-state index contributed by atoms with van der Waals surface area (Å²) in [4.78, 5) is 37.2. The van der Waals surface area contributed by atoms with E-state index in [9.17, 15) is 9.59 Å². The van der Waals surface area contributed by atoms with E-state index in [1.807, 2.05) is 59.5 Å². The van der Waals surface area contributed by atoms with Crippen LogP contribution in [0.5, 0.6) is 0 Å². The van der Waals surface area contributed by atoms with Gasteiger partial charge in [-0.05, 0) is 30.3 Å². The summed E-state index contributed by atoms with van der Waals surface area (Å²) in [6.45, 7) is 3.89. The van der Waals surface area contributed by atoms with Gasteiger partial charge < -0.3 is 19.6 Å². The SMILES string of the molecule is O=C(c1ccccc1)c1ccc2nc(CN3CCN(C(=O)NCc4ccco4)CC3)[nH]c2c1. The molecular formula is C25H25N5O3. The molecule has 8 heteroatoms. The number of imidazole rings is 1. The van der Waals surface area contributed by atoms with E-state index in [2.05, 4.69) is 20.2 Å². The minimum absolute atomic E-state index is 0.00454. The van der Waals surface area contributed by atoms with Gasteiger partial charge in [0, 0.05) is 37.3 Å². The van der Waals surface area contributed by atoms with Crippen LogP contribution in [-0.4, -0.2) is 57.8 Å². The normalized spacial score (nSPS) is 14.5. The number of hydrogen-bond acceptors (Lipinski definition) is 5. The van der Waals surface area contributed by atoms with Gasteiger partial charge in [-0.25, -0.2) is 9.78 Å². The number of nitrogens with one attached hydrogen (secondary N) is 2. The maximum Gasteiger partial charge on any atom is 0.317 e. The number of nitrogens with zero attached hydrogens (tertiary/aromatic N) is 3. The highest BCUT2D eigenvalue weighted by Gasteiger charge is 2.22. The maximum atomic E-state index is 12.7. The molecule has 2 aromatic carbocycles. The Morgan fingerprint density at radius 3 is 2.55 bits per heavy atom. The molecule has 0 radical (unpaired) electrons.